The zero-order chi connectivity index (χ0) is 47.0. The Balaban J connectivity index is 0.00000141. The van der Waals surface area contributed by atoms with Crippen molar-refractivity contribution in [1.82, 2.24) is 10.8 Å². The number of nitrogens with two attached hydrogens (primary N) is 1. The smallest absolute Gasteiger partial charge is 0.408 e. The highest BCUT2D eigenvalue weighted by molar-refractivity contribution is 5.94. The molecule has 2 aromatic rings. The summed E-state index contributed by atoms with van der Waals surface area (Å²) in [7, 11) is 0. The van der Waals surface area contributed by atoms with Crippen molar-refractivity contribution in [3.8, 4) is 0 Å². The number of fused-ring (bicyclic) bond motifs is 5. The molecule has 1 heterocycles. The van der Waals surface area contributed by atoms with Gasteiger partial charge in [0.2, 0.25) is 0 Å². The van der Waals surface area contributed by atoms with Crippen LogP contribution in [-0.2, 0) is 38.1 Å². The van der Waals surface area contributed by atoms with E-state index in [0.29, 0.717) is 5.56 Å². The number of primary amides is 1. The Morgan fingerprint density at radius 1 is 0.952 bits per heavy atom. The number of alkyl carbamates (subject to hydrolysis) is 1. The summed E-state index contributed by atoms with van der Waals surface area (Å²) in [6, 6.07) is 13.7. The number of esters is 3. The molecule has 3 amide bonds. The molecule has 19 heteroatoms. The number of ketones is 1. The fourth-order valence-electron chi connectivity index (χ4n) is 9.56. The van der Waals surface area contributed by atoms with E-state index in [9.17, 15) is 49.2 Å². The topological polar surface area (TPSA) is 300 Å². The fraction of sp³-hybridized carbons (Fsp3) is 0.545. The lowest BCUT2D eigenvalue weighted by atomic mass is 9.44. The van der Waals surface area contributed by atoms with Crippen molar-refractivity contribution in [1.29, 1.82) is 0 Å². The molecule has 0 aromatic heterocycles. The molecule has 2 bridgehead atoms. The van der Waals surface area contributed by atoms with Crippen LogP contribution in [0.2, 0.25) is 0 Å². The van der Waals surface area contributed by atoms with Gasteiger partial charge in [-0.3, -0.25) is 14.8 Å². The van der Waals surface area contributed by atoms with Gasteiger partial charge in [0.1, 0.15) is 35.6 Å². The highest BCUT2D eigenvalue weighted by Crippen LogP contribution is 2.64. The van der Waals surface area contributed by atoms with Crippen LogP contribution in [0.15, 0.2) is 71.8 Å². The summed E-state index contributed by atoms with van der Waals surface area (Å²) >= 11 is 0. The molecule has 3 fully saturated rings. The first-order chi connectivity index (χ1) is 29.3. The summed E-state index contributed by atoms with van der Waals surface area (Å²) in [5, 5.41) is 59.0. The number of aliphatic hydroxyl groups is 4. The van der Waals surface area contributed by atoms with Gasteiger partial charge >= 0.3 is 30.0 Å². The third-order valence-electron chi connectivity index (χ3n) is 12.7. The molecule has 9 N–H and O–H groups in total. The van der Waals surface area contributed by atoms with E-state index in [0.717, 1.165) is 6.92 Å². The molecule has 1 saturated heterocycles. The van der Waals surface area contributed by atoms with Gasteiger partial charge in [-0.1, -0.05) is 62.4 Å². The van der Waals surface area contributed by atoms with Crippen LogP contribution in [0.5, 0.6) is 0 Å². The van der Waals surface area contributed by atoms with Crippen LogP contribution in [-0.4, -0.2) is 121 Å². The van der Waals surface area contributed by atoms with Gasteiger partial charge in [0.15, 0.2) is 17.5 Å². The third kappa shape index (κ3) is 9.03. The van der Waals surface area contributed by atoms with Gasteiger partial charge in [-0.2, -0.15) is 0 Å². The molecular formula is C44H57N3O16. The van der Waals surface area contributed by atoms with Crippen LogP contribution in [0.4, 0.5) is 9.59 Å². The summed E-state index contributed by atoms with van der Waals surface area (Å²) in [4.78, 5) is 78.1. The number of ether oxygens (including phenoxy) is 5. The van der Waals surface area contributed by atoms with Crippen molar-refractivity contribution in [2.45, 2.75) is 128 Å². The highest BCUT2D eigenvalue weighted by atomic mass is 16.6. The first-order valence-electron chi connectivity index (χ1n) is 20.3. The predicted octanol–water partition coefficient (Wildman–Crippen LogP) is 2.30. The standard InChI is InChI=1S/C43H53NO14.CH4N2O2/c1-22-26(55-37(51)32(48)30(24-15-11-9-12-16-24)44-38(52)58-39(3,4)5)20-43(53)35(56-36(50)25-17-13-10-14-18-25)33-41(8,34(49)31(47)29(22)40(43,6)7)27(46)19-28-42(33,21-54-28)57-23(2)45;2-1(4)3-5/h9-18,26-28,30-33,35,46-48,53H,19-21H2,1-8H3,(H,44,52);5H,(H3,2,3,4)/t26-,27-,28+,30-,31+,32+,33-,35-,41+,42-,43+;/m0./s1. The number of amides is 3. The maximum Gasteiger partial charge on any atom is 0.408 e. The van der Waals surface area contributed by atoms with E-state index in [4.69, 9.17) is 28.9 Å². The molecule has 0 spiro atoms. The van der Waals surface area contributed by atoms with Crippen molar-refractivity contribution in [3.63, 3.8) is 0 Å². The van der Waals surface area contributed by atoms with Gasteiger partial charge in [0.05, 0.1) is 35.6 Å². The number of hydroxylamine groups is 1. The zero-order valence-electron chi connectivity index (χ0n) is 36.3. The van der Waals surface area contributed by atoms with Gasteiger partial charge in [-0.15, -0.1) is 0 Å². The monoisotopic (exact) mass is 883 g/mol. The normalized spacial score (nSPS) is 31.5. The average Bonchev–Trinajstić information content (AvgIpc) is 3.21. The molecule has 3 aliphatic carbocycles. The lowest BCUT2D eigenvalue weighted by Crippen LogP contribution is -2.81. The first-order valence-corrected chi connectivity index (χ1v) is 20.3. The molecule has 344 valence electrons. The minimum atomic E-state index is -2.35. The Hall–Kier alpha value is -5.44. The molecule has 4 aliphatic rings. The number of nitrogens with one attached hydrogen (secondary N) is 2. The summed E-state index contributed by atoms with van der Waals surface area (Å²) < 4.78 is 29.5. The highest BCUT2D eigenvalue weighted by Gasteiger charge is 2.78. The Bertz CT molecular complexity index is 2110. The fourth-order valence-corrected chi connectivity index (χ4v) is 9.56. The number of carbonyl (C=O) groups is 6. The molecule has 0 radical (unpaired) electrons. The van der Waals surface area contributed by atoms with Crippen LogP contribution in [0.25, 0.3) is 0 Å². The molecule has 19 nitrogen and oxygen atoms in total. The Labute approximate surface area is 363 Å². The second-order valence-corrected chi connectivity index (χ2v) is 18.0. The lowest BCUT2D eigenvalue weighted by Gasteiger charge is -2.67. The summed E-state index contributed by atoms with van der Waals surface area (Å²) in [5.74, 6) is -5.36. The second kappa shape index (κ2) is 18.0. The minimum Gasteiger partial charge on any atom is -0.456 e. The minimum absolute atomic E-state index is 0.0637. The molecular weight excluding hydrogens is 826 g/mol. The Kier molecular flexibility index (Phi) is 13.9. The van der Waals surface area contributed by atoms with Gasteiger partial charge in [0.25, 0.3) is 0 Å². The maximum absolute atomic E-state index is 14.9. The summed E-state index contributed by atoms with van der Waals surface area (Å²) in [6.45, 7) is 11.8. The molecule has 6 rings (SSSR count). The summed E-state index contributed by atoms with van der Waals surface area (Å²) in [5.41, 5.74) is -2.68. The molecule has 0 unspecified atom stereocenters. The summed E-state index contributed by atoms with van der Waals surface area (Å²) in [6.07, 6.45) is -11.5. The van der Waals surface area contributed by atoms with E-state index in [2.05, 4.69) is 11.1 Å². The van der Waals surface area contributed by atoms with E-state index in [1.165, 1.54) is 31.5 Å². The average molecular weight is 884 g/mol. The number of benzene rings is 2. The predicted molar refractivity (Wildman–Crippen MR) is 218 cm³/mol. The molecule has 2 aromatic carbocycles. The van der Waals surface area contributed by atoms with Crippen LogP contribution in [0, 0.1) is 16.7 Å². The maximum atomic E-state index is 14.9. The SMILES string of the molecule is CC(=O)O[C@@]12CO[C@@H]1C[C@H](O)[C@@]1(C)C(=O)[C@H](O)C3=C(C)[C@@H](OC(=O)[C@H](O)[C@@H](NC(=O)OC(C)(C)C)c4ccccc4)C[C@@](O)([C@@H](OC(=O)c4ccccc4)[C@H]21)C3(C)C.NC(=O)NO. The van der Waals surface area contributed by atoms with Crippen molar-refractivity contribution in [2.24, 2.45) is 22.5 Å². The van der Waals surface area contributed by atoms with Crippen LogP contribution < -0.4 is 16.5 Å². The van der Waals surface area contributed by atoms with Gasteiger partial charge in [0, 0.05) is 25.2 Å². The number of hydrogen-bond acceptors (Lipinski definition) is 16. The van der Waals surface area contributed by atoms with Crippen molar-refractivity contribution in [2.75, 3.05) is 6.61 Å². The van der Waals surface area contributed by atoms with Gasteiger partial charge in [-0.05, 0) is 63.5 Å². The van der Waals surface area contributed by atoms with Crippen LogP contribution in [0.3, 0.4) is 0 Å². The molecule has 63 heavy (non-hydrogen) atoms. The van der Waals surface area contributed by atoms with Crippen molar-refractivity contribution in [3.05, 3.63) is 82.9 Å². The number of rotatable bonds is 8. The first kappa shape index (κ1) is 48.6. The van der Waals surface area contributed by atoms with Crippen LogP contribution >= 0.6 is 0 Å². The largest absolute Gasteiger partial charge is 0.456 e. The molecule has 11 atom stereocenters. The van der Waals surface area contributed by atoms with E-state index >= 15 is 0 Å². The van der Waals surface area contributed by atoms with E-state index in [1.54, 1.807) is 83.1 Å². The Morgan fingerprint density at radius 2 is 1.52 bits per heavy atom. The second-order valence-electron chi connectivity index (χ2n) is 18.0. The molecule has 1 aliphatic heterocycles. The lowest BCUT2D eigenvalue weighted by molar-refractivity contribution is -0.346. The van der Waals surface area contributed by atoms with E-state index in [-0.39, 0.29) is 29.7 Å². The number of urea groups is 1. The van der Waals surface area contributed by atoms with Gasteiger partial charge < -0.3 is 55.2 Å². The third-order valence-corrected chi connectivity index (χ3v) is 12.7. The van der Waals surface area contributed by atoms with Crippen LogP contribution in [0.1, 0.15) is 90.2 Å². The number of carbonyl (C=O) groups excluding carboxylic acids is 6. The Morgan fingerprint density at radius 3 is 2.03 bits per heavy atom. The quantitative estimate of drug-likeness (QED) is 0.0620. The van der Waals surface area contributed by atoms with Crippen molar-refractivity contribution >= 4 is 35.8 Å². The van der Waals surface area contributed by atoms with E-state index < -0.39 is 118 Å². The zero-order valence-corrected chi connectivity index (χ0v) is 36.3. The van der Waals surface area contributed by atoms with E-state index in [1.807, 2.05) is 0 Å². The molecule has 2 saturated carbocycles. The van der Waals surface area contributed by atoms with Crippen molar-refractivity contribution < 1.29 is 78.1 Å². The van der Waals surface area contributed by atoms with Gasteiger partial charge in [-0.25, -0.2) is 24.7 Å². The number of hydrogen-bond donors (Lipinski definition) is 8. The number of aliphatic hydroxyl groups excluding tert-OH is 3. The number of Topliss-reactive ketones (excluding diaryl/α,β-unsaturated/α-hetero) is 1.